The van der Waals surface area contributed by atoms with Crippen molar-refractivity contribution in [3.63, 3.8) is 0 Å². The van der Waals surface area contributed by atoms with E-state index in [1.165, 1.54) is 5.56 Å². The van der Waals surface area contributed by atoms with Crippen LogP contribution in [0.1, 0.15) is 25.8 Å². The quantitative estimate of drug-likeness (QED) is 0.876. The van der Waals surface area contributed by atoms with Crippen LogP contribution in [0.25, 0.3) is 0 Å². The summed E-state index contributed by atoms with van der Waals surface area (Å²) in [5, 5.41) is 4.19. The van der Waals surface area contributed by atoms with Gasteiger partial charge in [0.1, 0.15) is 0 Å². The lowest BCUT2D eigenvalue weighted by molar-refractivity contribution is 0.653. The van der Waals surface area contributed by atoms with Gasteiger partial charge in [-0.05, 0) is 43.5 Å². The third kappa shape index (κ3) is 4.64. The van der Waals surface area contributed by atoms with Gasteiger partial charge in [-0.15, -0.1) is 0 Å². The lowest BCUT2D eigenvalue weighted by atomic mass is 10.1. The zero-order valence-electron chi connectivity index (χ0n) is 12.5. The molecular weight excluding hydrogens is 284 g/mol. The smallest absolute Gasteiger partial charge is 0.250 e. The van der Waals surface area contributed by atoms with Crippen molar-refractivity contribution in [2.24, 2.45) is 0 Å². The standard InChI is InChI=1S/C17H21ClN2O/c1-3-10-20-12-16(8-9-17(20)21)19-13(2)11-14-4-6-15(18)7-5-14/h4-9,12-13,19H,3,10-11H2,1-2H3. The molecule has 1 aromatic carbocycles. The molecule has 2 rings (SSSR count). The number of pyridine rings is 1. The second-order valence-electron chi connectivity index (χ2n) is 5.33. The molecule has 2 aromatic rings. The van der Waals surface area contributed by atoms with Crippen LogP contribution in [0.4, 0.5) is 5.69 Å². The van der Waals surface area contributed by atoms with Gasteiger partial charge in [-0.25, -0.2) is 0 Å². The van der Waals surface area contributed by atoms with Crippen LogP contribution in [-0.2, 0) is 13.0 Å². The fourth-order valence-electron chi connectivity index (χ4n) is 2.34. The summed E-state index contributed by atoms with van der Waals surface area (Å²) in [6.45, 7) is 4.94. The van der Waals surface area contributed by atoms with E-state index >= 15 is 0 Å². The SMILES string of the molecule is CCCn1cc(NC(C)Cc2ccc(Cl)cc2)ccc1=O. The van der Waals surface area contributed by atoms with Crippen molar-refractivity contribution < 1.29 is 0 Å². The highest BCUT2D eigenvalue weighted by atomic mass is 35.5. The minimum Gasteiger partial charge on any atom is -0.381 e. The van der Waals surface area contributed by atoms with Crippen molar-refractivity contribution in [3.05, 3.63) is 63.5 Å². The van der Waals surface area contributed by atoms with E-state index in [0.717, 1.165) is 30.1 Å². The van der Waals surface area contributed by atoms with Crippen molar-refractivity contribution in [2.75, 3.05) is 5.32 Å². The third-order valence-electron chi connectivity index (χ3n) is 3.32. The van der Waals surface area contributed by atoms with E-state index in [9.17, 15) is 4.79 Å². The largest absolute Gasteiger partial charge is 0.381 e. The molecule has 0 spiro atoms. The topological polar surface area (TPSA) is 34.0 Å². The molecule has 0 aliphatic heterocycles. The van der Waals surface area contributed by atoms with Gasteiger partial charge in [0.25, 0.3) is 5.56 Å². The first-order valence-electron chi connectivity index (χ1n) is 7.30. The van der Waals surface area contributed by atoms with Crippen molar-refractivity contribution in [1.82, 2.24) is 4.57 Å². The van der Waals surface area contributed by atoms with Gasteiger partial charge in [0.05, 0.1) is 5.69 Å². The molecule has 4 heteroatoms. The van der Waals surface area contributed by atoms with E-state index in [2.05, 4.69) is 19.2 Å². The van der Waals surface area contributed by atoms with Gasteiger partial charge < -0.3 is 9.88 Å². The van der Waals surface area contributed by atoms with E-state index in [1.807, 2.05) is 36.5 Å². The summed E-state index contributed by atoms with van der Waals surface area (Å²) in [4.78, 5) is 11.7. The molecule has 0 aliphatic rings. The molecule has 0 radical (unpaired) electrons. The Balaban J connectivity index is 2.02. The van der Waals surface area contributed by atoms with Gasteiger partial charge in [-0.1, -0.05) is 30.7 Å². The molecule has 0 aliphatic carbocycles. The number of nitrogens with zero attached hydrogens (tertiary/aromatic N) is 1. The molecule has 1 unspecified atom stereocenters. The number of rotatable bonds is 6. The van der Waals surface area contributed by atoms with E-state index in [0.29, 0.717) is 0 Å². The lowest BCUT2D eigenvalue weighted by Gasteiger charge is -2.16. The van der Waals surface area contributed by atoms with Crippen molar-refractivity contribution in [1.29, 1.82) is 0 Å². The molecule has 112 valence electrons. The fraction of sp³-hybridized carbons (Fsp3) is 0.353. The lowest BCUT2D eigenvalue weighted by Crippen LogP contribution is -2.22. The predicted octanol–water partition coefficient (Wildman–Crippen LogP) is 3.95. The summed E-state index contributed by atoms with van der Waals surface area (Å²) in [5.41, 5.74) is 2.26. The molecule has 0 amide bonds. The van der Waals surface area contributed by atoms with Crippen LogP contribution < -0.4 is 10.9 Å². The highest BCUT2D eigenvalue weighted by Crippen LogP contribution is 2.13. The number of anilines is 1. The van der Waals surface area contributed by atoms with Gasteiger partial charge in [-0.3, -0.25) is 4.79 Å². The minimum atomic E-state index is 0.0488. The molecule has 1 aromatic heterocycles. The maximum atomic E-state index is 11.7. The summed E-state index contributed by atoms with van der Waals surface area (Å²) >= 11 is 5.89. The third-order valence-corrected chi connectivity index (χ3v) is 3.57. The Morgan fingerprint density at radius 1 is 1.19 bits per heavy atom. The van der Waals surface area contributed by atoms with Gasteiger partial charge in [-0.2, -0.15) is 0 Å². The second-order valence-corrected chi connectivity index (χ2v) is 5.76. The molecule has 1 heterocycles. The number of aromatic nitrogens is 1. The molecule has 0 saturated carbocycles. The van der Waals surface area contributed by atoms with E-state index in [1.54, 1.807) is 10.6 Å². The van der Waals surface area contributed by atoms with Crippen LogP contribution in [-0.4, -0.2) is 10.6 Å². The van der Waals surface area contributed by atoms with Crippen LogP contribution >= 0.6 is 11.6 Å². The molecule has 0 saturated heterocycles. The molecule has 1 N–H and O–H groups in total. The number of halogens is 1. The molecule has 1 atom stereocenters. The van der Waals surface area contributed by atoms with Gasteiger partial charge in [0, 0.05) is 29.9 Å². The second kappa shape index (κ2) is 7.32. The normalized spacial score (nSPS) is 12.1. The minimum absolute atomic E-state index is 0.0488. The zero-order chi connectivity index (χ0) is 15.2. The fourth-order valence-corrected chi connectivity index (χ4v) is 2.47. The van der Waals surface area contributed by atoms with Crippen LogP contribution in [0.3, 0.4) is 0 Å². The average Bonchev–Trinajstić information content (AvgIpc) is 2.45. The maximum absolute atomic E-state index is 11.7. The van der Waals surface area contributed by atoms with E-state index in [4.69, 9.17) is 11.6 Å². The first-order valence-corrected chi connectivity index (χ1v) is 7.67. The number of benzene rings is 1. The summed E-state index contributed by atoms with van der Waals surface area (Å²) in [5.74, 6) is 0. The molecular formula is C17H21ClN2O. The highest BCUT2D eigenvalue weighted by molar-refractivity contribution is 6.30. The van der Waals surface area contributed by atoms with Crippen LogP contribution in [0.2, 0.25) is 5.02 Å². The van der Waals surface area contributed by atoms with Crippen LogP contribution in [0.5, 0.6) is 0 Å². The summed E-state index contributed by atoms with van der Waals surface area (Å²) in [6, 6.07) is 11.6. The number of hydrogen-bond acceptors (Lipinski definition) is 2. The van der Waals surface area contributed by atoms with Crippen molar-refractivity contribution in [3.8, 4) is 0 Å². The summed E-state index contributed by atoms with van der Waals surface area (Å²) in [6.07, 6.45) is 3.75. The Morgan fingerprint density at radius 3 is 2.57 bits per heavy atom. The van der Waals surface area contributed by atoms with Gasteiger partial charge >= 0.3 is 0 Å². The number of hydrogen-bond donors (Lipinski definition) is 1. The van der Waals surface area contributed by atoms with Gasteiger partial charge in [0.15, 0.2) is 0 Å². The average molecular weight is 305 g/mol. The van der Waals surface area contributed by atoms with Crippen LogP contribution in [0, 0.1) is 0 Å². The molecule has 21 heavy (non-hydrogen) atoms. The van der Waals surface area contributed by atoms with Gasteiger partial charge in [0.2, 0.25) is 0 Å². The Bertz CT molecular complexity index is 634. The summed E-state index contributed by atoms with van der Waals surface area (Å²) in [7, 11) is 0. The molecule has 0 bridgehead atoms. The maximum Gasteiger partial charge on any atom is 0.250 e. The zero-order valence-corrected chi connectivity index (χ0v) is 13.2. The molecule has 3 nitrogen and oxygen atoms in total. The highest BCUT2D eigenvalue weighted by Gasteiger charge is 2.05. The number of nitrogens with one attached hydrogen (secondary N) is 1. The monoisotopic (exact) mass is 304 g/mol. The van der Waals surface area contributed by atoms with E-state index < -0.39 is 0 Å². The first kappa shape index (κ1) is 15.6. The number of aryl methyl sites for hydroxylation is 1. The Kier molecular flexibility index (Phi) is 5.45. The summed E-state index contributed by atoms with van der Waals surface area (Å²) < 4.78 is 1.75. The molecule has 0 fully saturated rings. The van der Waals surface area contributed by atoms with E-state index in [-0.39, 0.29) is 11.6 Å². The Labute approximate surface area is 130 Å². The van der Waals surface area contributed by atoms with Crippen molar-refractivity contribution in [2.45, 2.75) is 39.3 Å². The van der Waals surface area contributed by atoms with Crippen molar-refractivity contribution >= 4 is 17.3 Å². The Morgan fingerprint density at radius 2 is 1.90 bits per heavy atom. The first-order chi connectivity index (χ1) is 10.1. The Hall–Kier alpha value is -1.74. The van der Waals surface area contributed by atoms with Crippen LogP contribution in [0.15, 0.2) is 47.4 Å². The predicted molar refractivity (Wildman–Crippen MR) is 89.2 cm³/mol.